The van der Waals surface area contributed by atoms with Crippen molar-refractivity contribution >= 4 is 23.7 Å². The van der Waals surface area contributed by atoms with Crippen LogP contribution in [0.2, 0.25) is 0 Å². The summed E-state index contributed by atoms with van der Waals surface area (Å²) >= 11 is 0. The Kier molecular flexibility index (Phi) is 5.25. The van der Waals surface area contributed by atoms with Crippen molar-refractivity contribution in [1.29, 1.82) is 0 Å². The summed E-state index contributed by atoms with van der Waals surface area (Å²) in [5.41, 5.74) is 6.90. The predicted molar refractivity (Wildman–Crippen MR) is 91.5 cm³/mol. The van der Waals surface area contributed by atoms with Gasteiger partial charge < -0.3 is 5.32 Å². The van der Waals surface area contributed by atoms with Gasteiger partial charge in [-0.05, 0) is 44.0 Å². The van der Waals surface area contributed by atoms with E-state index in [1.807, 2.05) is 51.1 Å². The van der Waals surface area contributed by atoms with Gasteiger partial charge in [0.05, 0.1) is 6.21 Å². The first kappa shape index (κ1) is 16.4. The highest BCUT2D eigenvalue weighted by Gasteiger charge is 2.12. The summed E-state index contributed by atoms with van der Waals surface area (Å²) in [6.45, 7) is 5.87. The number of nitrogens with one attached hydrogen (secondary N) is 2. The quantitative estimate of drug-likeness (QED) is 0.520. The Bertz CT molecular complexity index is 749. The molecule has 2 aromatic carbocycles. The maximum absolute atomic E-state index is 11.8. The second-order valence-corrected chi connectivity index (χ2v) is 5.38. The number of anilines is 1. The van der Waals surface area contributed by atoms with Gasteiger partial charge in [-0.2, -0.15) is 5.10 Å². The molecule has 2 amide bonds. The monoisotopic (exact) mass is 309 g/mol. The van der Waals surface area contributed by atoms with E-state index in [0.717, 1.165) is 22.3 Å². The zero-order chi connectivity index (χ0) is 16.8. The van der Waals surface area contributed by atoms with Crippen LogP contribution in [0, 0.1) is 20.8 Å². The van der Waals surface area contributed by atoms with Crippen molar-refractivity contribution in [2.75, 3.05) is 5.32 Å². The zero-order valence-corrected chi connectivity index (χ0v) is 13.4. The largest absolute Gasteiger partial charge is 0.329 e. The van der Waals surface area contributed by atoms with Gasteiger partial charge in [-0.3, -0.25) is 9.59 Å². The van der Waals surface area contributed by atoms with E-state index in [1.54, 1.807) is 12.1 Å². The van der Waals surface area contributed by atoms with Crippen molar-refractivity contribution in [3.63, 3.8) is 0 Å². The fraction of sp³-hybridized carbons (Fsp3) is 0.167. The van der Waals surface area contributed by atoms with Gasteiger partial charge in [-0.1, -0.05) is 41.5 Å². The number of hydrogen-bond acceptors (Lipinski definition) is 3. The molecule has 0 saturated heterocycles. The van der Waals surface area contributed by atoms with Gasteiger partial charge in [-0.25, -0.2) is 5.43 Å². The van der Waals surface area contributed by atoms with Gasteiger partial charge in [0.2, 0.25) is 0 Å². The minimum absolute atomic E-state index is 0.564. The molecule has 5 heteroatoms. The third-order valence-electron chi connectivity index (χ3n) is 3.32. The summed E-state index contributed by atoms with van der Waals surface area (Å²) in [5.74, 6) is -1.57. The molecule has 0 aliphatic heterocycles. The zero-order valence-electron chi connectivity index (χ0n) is 13.4. The molecule has 23 heavy (non-hydrogen) atoms. The number of carbonyl (C=O) groups is 2. The first-order valence-electron chi connectivity index (χ1n) is 7.24. The molecule has 2 N–H and O–H groups in total. The Morgan fingerprint density at radius 2 is 1.57 bits per heavy atom. The Balaban J connectivity index is 1.93. The fourth-order valence-corrected chi connectivity index (χ4v) is 1.93. The van der Waals surface area contributed by atoms with Crippen molar-refractivity contribution in [3.05, 3.63) is 64.7 Å². The maximum atomic E-state index is 11.8. The molecule has 0 aliphatic carbocycles. The topological polar surface area (TPSA) is 70.6 Å². The van der Waals surface area contributed by atoms with Crippen LogP contribution in [0.15, 0.2) is 47.6 Å². The van der Waals surface area contributed by atoms with Crippen molar-refractivity contribution in [2.45, 2.75) is 20.8 Å². The molecular formula is C18H19N3O2. The third kappa shape index (κ3) is 4.78. The summed E-state index contributed by atoms with van der Waals surface area (Å²) < 4.78 is 0. The molecule has 0 fully saturated rings. The number of hydrogen-bond donors (Lipinski definition) is 2. The number of rotatable bonds is 3. The summed E-state index contributed by atoms with van der Waals surface area (Å²) in [6.07, 6.45) is 1.53. The summed E-state index contributed by atoms with van der Waals surface area (Å²) in [5, 5.41) is 6.35. The molecule has 0 radical (unpaired) electrons. The first-order chi connectivity index (χ1) is 11.0. The van der Waals surface area contributed by atoms with E-state index in [4.69, 9.17) is 0 Å². The predicted octanol–water partition coefficient (Wildman–Crippen LogP) is 2.70. The first-order valence-corrected chi connectivity index (χ1v) is 7.24. The summed E-state index contributed by atoms with van der Waals surface area (Å²) in [6, 6.07) is 13.1. The van der Waals surface area contributed by atoms with Crippen LogP contribution in [0.3, 0.4) is 0 Å². The second-order valence-electron chi connectivity index (χ2n) is 5.38. The summed E-state index contributed by atoms with van der Waals surface area (Å²) in [4.78, 5) is 23.5. The van der Waals surface area contributed by atoms with Crippen LogP contribution < -0.4 is 10.7 Å². The van der Waals surface area contributed by atoms with Crippen LogP contribution in [0.5, 0.6) is 0 Å². The van der Waals surface area contributed by atoms with Gasteiger partial charge in [0.25, 0.3) is 0 Å². The average Bonchev–Trinajstić information content (AvgIpc) is 2.52. The molecule has 5 nitrogen and oxygen atoms in total. The van der Waals surface area contributed by atoms with Gasteiger partial charge in [0.1, 0.15) is 0 Å². The lowest BCUT2D eigenvalue weighted by Crippen LogP contribution is -2.32. The lowest BCUT2D eigenvalue weighted by atomic mass is 10.1. The van der Waals surface area contributed by atoms with Gasteiger partial charge in [-0.15, -0.1) is 0 Å². The highest BCUT2D eigenvalue weighted by atomic mass is 16.2. The van der Waals surface area contributed by atoms with E-state index in [1.165, 1.54) is 6.21 Å². The van der Waals surface area contributed by atoms with E-state index in [9.17, 15) is 9.59 Å². The molecule has 0 aromatic heterocycles. The highest BCUT2D eigenvalue weighted by molar-refractivity contribution is 6.39. The van der Waals surface area contributed by atoms with Crippen LogP contribution in [-0.4, -0.2) is 18.0 Å². The minimum Gasteiger partial charge on any atom is -0.318 e. The van der Waals surface area contributed by atoms with E-state index >= 15 is 0 Å². The van der Waals surface area contributed by atoms with E-state index < -0.39 is 11.8 Å². The van der Waals surface area contributed by atoms with E-state index in [-0.39, 0.29) is 0 Å². The van der Waals surface area contributed by atoms with Crippen LogP contribution in [0.4, 0.5) is 5.69 Å². The normalized spacial score (nSPS) is 10.6. The molecule has 0 aliphatic rings. The minimum atomic E-state index is -0.813. The van der Waals surface area contributed by atoms with E-state index in [2.05, 4.69) is 15.8 Å². The molecule has 2 aromatic rings. The Labute approximate surface area is 135 Å². The number of carbonyl (C=O) groups excluding carboxylic acids is 2. The highest BCUT2D eigenvalue weighted by Crippen LogP contribution is 2.09. The summed E-state index contributed by atoms with van der Waals surface area (Å²) in [7, 11) is 0. The van der Waals surface area contributed by atoms with E-state index in [0.29, 0.717) is 5.69 Å². The Morgan fingerprint density at radius 1 is 0.913 bits per heavy atom. The number of amides is 2. The molecule has 0 unspecified atom stereocenters. The number of nitrogens with zero attached hydrogens (tertiary/aromatic N) is 1. The molecule has 0 bridgehead atoms. The van der Waals surface area contributed by atoms with Gasteiger partial charge >= 0.3 is 11.8 Å². The van der Waals surface area contributed by atoms with Gasteiger partial charge in [0, 0.05) is 5.69 Å². The van der Waals surface area contributed by atoms with Crippen molar-refractivity contribution in [3.8, 4) is 0 Å². The SMILES string of the molecule is Cc1ccc(NC(=O)C(=O)N/N=C\c2cc(C)ccc2C)cc1. The number of hydrazone groups is 1. The lowest BCUT2D eigenvalue weighted by molar-refractivity contribution is -0.136. The smallest absolute Gasteiger partial charge is 0.318 e. The van der Waals surface area contributed by atoms with Gasteiger partial charge in [0.15, 0.2) is 0 Å². The lowest BCUT2D eigenvalue weighted by Gasteiger charge is -2.04. The maximum Gasteiger partial charge on any atom is 0.329 e. The second kappa shape index (κ2) is 7.35. The van der Waals surface area contributed by atoms with Crippen LogP contribution in [0.25, 0.3) is 0 Å². The Morgan fingerprint density at radius 3 is 2.26 bits per heavy atom. The van der Waals surface area contributed by atoms with Crippen LogP contribution >= 0.6 is 0 Å². The third-order valence-corrected chi connectivity index (χ3v) is 3.32. The molecule has 0 atom stereocenters. The van der Waals surface area contributed by atoms with Crippen LogP contribution in [-0.2, 0) is 9.59 Å². The van der Waals surface area contributed by atoms with Crippen molar-refractivity contribution in [1.82, 2.24) is 5.43 Å². The number of benzene rings is 2. The molecule has 2 rings (SSSR count). The van der Waals surface area contributed by atoms with Crippen molar-refractivity contribution in [2.24, 2.45) is 5.10 Å². The molecular weight excluding hydrogens is 290 g/mol. The molecule has 0 saturated carbocycles. The fourth-order valence-electron chi connectivity index (χ4n) is 1.93. The van der Waals surface area contributed by atoms with Crippen LogP contribution in [0.1, 0.15) is 22.3 Å². The molecule has 118 valence electrons. The molecule has 0 heterocycles. The standard InChI is InChI=1S/C18H19N3O2/c1-12-5-8-16(9-6-12)20-17(22)18(23)21-19-11-15-10-13(2)4-7-14(15)3/h4-11H,1-3H3,(H,20,22)(H,21,23)/b19-11-. The number of aryl methyl sites for hydroxylation is 3. The Hall–Kier alpha value is -2.95. The van der Waals surface area contributed by atoms with Crippen molar-refractivity contribution < 1.29 is 9.59 Å². The molecule has 0 spiro atoms. The average molecular weight is 309 g/mol.